The molecule has 0 saturated heterocycles. The van der Waals surface area contributed by atoms with Crippen molar-refractivity contribution in [3.63, 3.8) is 0 Å². The summed E-state index contributed by atoms with van der Waals surface area (Å²) in [6, 6.07) is 18.9. The van der Waals surface area contributed by atoms with E-state index in [1.54, 1.807) is 25.5 Å². The average Bonchev–Trinajstić information content (AvgIpc) is 3.48. The Balaban J connectivity index is 1.64. The number of allylic oxidation sites excluding steroid dienone is 1. The molecular weight excluding hydrogens is 498 g/mol. The summed E-state index contributed by atoms with van der Waals surface area (Å²) in [5, 5.41) is 2.81. The van der Waals surface area contributed by atoms with Crippen LogP contribution in [0, 0.1) is 0 Å². The highest BCUT2D eigenvalue weighted by atomic mass is 32.1. The van der Waals surface area contributed by atoms with Gasteiger partial charge >= 0.3 is 5.97 Å². The zero-order valence-electron chi connectivity index (χ0n) is 21.1. The number of benzene rings is 3. The fourth-order valence-corrected chi connectivity index (χ4v) is 6.19. The summed E-state index contributed by atoms with van der Waals surface area (Å²) in [6.07, 6.45) is 3.78. The van der Waals surface area contributed by atoms with Crippen LogP contribution >= 0.6 is 11.3 Å². The van der Waals surface area contributed by atoms with Crippen LogP contribution in [0.2, 0.25) is 0 Å². The first-order chi connectivity index (χ1) is 18.5. The summed E-state index contributed by atoms with van der Waals surface area (Å²) in [5.74, 6) is 0.235. The second-order valence-electron chi connectivity index (χ2n) is 8.99. The molecule has 0 spiro atoms. The molecule has 1 aliphatic rings. The van der Waals surface area contributed by atoms with Crippen LogP contribution in [0.5, 0.6) is 5.75 Å². The number of nitrogens with zero attached hydrogens (tertiary/aromatic N) is 2. The lowest BCUT2D eigenvalue weighted by Gasteiger charge is -2.26. The van der Waals surface area contributed by atoms with E-state index in [9.17, 15) is 9.59 Å². The Morgan fingerprint density at radius 2 is 1.82 bits per heavy atom. The van der Waals surface area contributed by atoms with Crippen molar-refractivity contribution in [3.05, 3.63) is 109 Å². The molecule has 0 radical (unpaired) electrons. The number of thiazole rings is 1. The van der Waals surface area contributed by atoms with Crippen molar-refractivity contribution in [2.24, 2.45) is 4.99 Å². The molecule has 38 heavy (non-hydrogen) atoms. The van der Waals surface area contributed by atoms with Crippen molar-refractivity contribution in [1.82, 2.24) is 9.55 Å². The van der Waals surface area contributed by atoms with Gasteiger partial charge in [-0.25, -0.2) is 9.79 Å². The Kier molecular flexibility index (Phi) is 5.96. The molecule has 8 heteroatoms. The Bertz CT molecular complexity index is 1940. The molecule has 5 aromatic rings. The number of rotatable bonds is 5. The van der Waals surface area contributed by atoms with Crippen molar-refractivity contribution < 1.29 is 14.3 Å². The number of H-pyrrole nitrogens is 1. The third-order valence-corrected chi connectivity index (χ3v) is 7.84. The van der Waals surface area contributed by atoms with E-state index in [-0.39, 0.29) is 12.2 Å². The van der Waals surface area contributed by atoms with Gasteiger partial charge in [0.1, 0.15) is 5.75 Å². The van der Waals surface area contributed by atoms with Crippen LogP contribution in [-0.2, 0) is 9.53 Å². The Labute approximate surface area is 222 Å². The number of methoxy groups -OCH3 is 1. The van der Waals surface area contributed by atoms with Crippen LogP contribution in [0.25, 0.3) is 27.8 Å². The lowest BCUT2D eigenvalue weighted by molar-refractivity contribution is -0.139. The minimum absolute atomic E-state index is 0.210. The van der Waals surface area contributed by atoms with Gasteiger partial charge in [0.25, 0.3) is 5.56 Å². The first-order valence-electron chi connectivity index (χ1n) is 12.3. The lowest BCUT2D eigenvalue weighted by atomic mass is 9.91. The number of carbonyl (C=O) groups excluding carboxylic acids is 1. The molecule has 1 atom stereocenters. The van der Waals surface area contributed by atoms with Gasteiger partial charge < -0.3 is 14.5 Å². The number of aromatic nitrogens is 2. The van der Waals surface area contributed by atoms with E-state index in [0.29, 0.717) is 20.6 Å². The number of fused-ring (bicyclic) bond motifs is 3. The summed E-state index contributed by atoms with van der Waals surface area (Å²) in [4.78, 5) is 35.8. The molecule has 0 bridgehead atoms. The van der Waals surface area contributed by atoms with E-state index in [0.717, 1.165) is 38.6 Å². The van der Waals surface area contributed by atoms with Gasteiger partial charge in [-0.15, -0.1) is 0 Å². The minimum Gasteiger partial charge on any atom is -0.496 e. The maximum absolute atomic E-state index is 14.0. The number of nitrogens with one attached hydrogen (secondary N) is 1. The van der Waals surface area contributed by atoms with Gasteiger partial charge in [0.15, 0.2) is 4.80 Å². The highest BCUT2D eigenvalue weighted by Gasteiger charge is 2.34. The minimum atomic E-state index is -0.703. The zero-order chi connectivity index (χ0) is 26.4. The number of hydrogen-bond donors (Lipinski definition) is 1. The second-order valence-corrected chi connectivity index (χ2v) is 10.0. The molecule has 3 heterocycles. The van der Waals surface area contributed by atoms with E-state index >= 15 is 0 Å². The van der Waals surface area contributed by atoms with Crippen molar-refractivity contribution in [2.75, 3.05) is 13.7 Å². The molecule has 0 saturated carbocycles. The summed E-state index contributed by atoms with van der Waals surface area (Å²) in [7, 11) is 1.63. The van der Waals surface area contributed by atoms with Crippen LogP contribution in [0.15, 0.2) is 87.9 Å². The molecule has 3 aromatic carbocycles. The molecule has 190 valence electrons. The van der Waals surface area contributed by atoms with E-state index in [2.05, 4.69) is 4.98 Å². The molecule has 1 N–H and O–H groups in total. The van der Waals surface area contributed by atoms with Gasteiger partial charge in [-0.3, -0.25) is 9.36 Å². The molecular formula is C30H25N3O4S. The number of esters is 1. The summed E-state index contributed by atoms with van der Waals surface area (Å²) >= 11 is 1.31. The van der Waals surface area contributed by atoms with Crippen molar-refractivity contribution in [2.45, 2.75) is 19.9 Å². The second kappa shape index (κ2) is 9.46. The van der Waals surface area contributed by atoms with E-state index in [1.165, 1.54) is 11.3 Å². The Morgan fingerprint density at radius 3 is 2.58 bits per heavy atom. The highest BCUT2D eigenvalue weighted by Crippen LogP contribution is 2.37. The number of ether oxygens (including phenoxy) is 2. The fourth-order valence-electron chi connectivity index (χ4n) is 5.15. The monoisotopic (exact) mass is 523 g/mol. The quantitative estimate of drug-likeness (QED) is 0.345. The SMILES string of the molecule is CCOC(=O)C1=C(C)N=c2s/c(=C\c3c[nH]c4ccccc34)c(=O)n2[C@H]1c1ccc(OC)c2ccccc12. The number of aromatic amines is 1. The lowest BCUT2D eigenvalue weighted by Crippen LogP contribution is -2.40. The number of hydrogen-bond acceptors (Lipinski definition) is 6. The molecule has 0 amide bonds. The van der Waals surface area contributed by atoms with Crippen LogP contribution in [0.1, 0.15) is 31.0 Å². The largest absolute Gasteiger partial charge is 0.496 e. The summed E-state index contributed by atoms with van der Waals surface area (Å²) < 4.78 is 13.2. The molecule has 0 fully saturated rings. The van der Waals surface area contributed by atoms with Crippen molar-refractivity contribution in [1.29, 1.82) is 0 Å². The molecule has 7 nitrogen and oxygen atoms in total. The number of carbonyl (C=O) groups is 1. The summed E-state index contributed by atoms with van der Waals surface area (Å²) in [5.41, 5.74) is 3.39. The molecule has 6 rings (SSSR count). The maximum atomic E-state index is 14.0. The van der Waals surface area contributed by atoms with Crippen molar-refractivity contribution >= 4 is 45.1 Å². The van der Waals surface area contributed by atoms with Gasteiger partial charge in [0.2, 0.25) is 0 Å². The van der Waals surface area contributed by atoms with Gasteiger partial charge in [0, 0.05) is 28.0 Å². The first kappa shape index (κ1) is 23.9. The Hall–Kier alpha value is -4.43. The van der Waals surface area contributed by atoms with E-state index in [4.69, 9.17) is 14.5 Å². The molecule has 1 aliphatic heterocycles. The van der Waals surface area contributed by atoms with E-state index in [1.807, 2.05) is 72.9 Å². The standard InChI is InChI=1S/C30H25N3O4S/c1-4-37-29(35)26-17(2)32-30-33(27(26)22-13-14-24(36-3)21-11-6-5-10-20(21)22)28(34)25(38-30)15-18-16-31-23-12-8-7-9-19(18)23/h5-16,27,31H,4H2,1-3H3/b25-15-/t27-/m0/s1. The van der Waals surface area contributed by atoms with Gasteiger partial charge in [0.05, 0.1) is 35.6 Å². The van der Waals surface area contributed by atoms with Gasteiger partial charge in [-0.1, -0.05) is 59.9 Å². The van der Waals surface area contributed by atoms with E-state index < -0.39 is 12.0 Å². The smallest absolute Gasteiger partial charge is 0.338 e. The molecule has 2 aromatic heterocycles. The molecule has 0 unspecified atom stereocenters. The average molecular weight is 524 g/mol. The topological polar surface area (TPSA) is 85.7 Å². The molecule has 0 aliphatic carbocycles. The maximum Gasteiger partial charge on any atom is 0.338 e. The van der Waals surface area contributed by atoms with Crippen LogP contribution in [0.3, 0.4) is 0 Å². The van der Waals surface area contributed by atoms with Crippen LogP contribution < -0.4 is 19.6 Å². The van der Waals surface area contributed by atoms with Crippen molar-refractivity contribution in [3.8, 4) is 5.75 Å². The predicted molar refractivity (Wildman–Crippen MR) is 149 cm³/mol. The van der Waals surface area contributed by atoms with Crippen LogP contribution in [0.4, 0.5) is 0 Å². The third kappa shape index (κ3) is 3.76. The van der Waals surface area contributed by atoms with Crippen LogP contribution in [-0.4, -0.2) is 29.2 Å². The third-order valence-electron chi connectivity index (χ3n) is 6.86. The van der Waals surface area contributed by atoms with Gasteiger partial charge in [-0.2, -0.15) is 0 Å². The fraction of sp³-hybridized carbons (Fsp3) is 0.167. The number of para-hydroxylation sites is 1. The highest BCUT2D eigenvalue weighted by molar-refractivity contribution is 7.07. The normalized spacial score (nSPS) is 15.6. The first-order valence-corrected chi connectivity index (χ1v) is 13.1. The zero-order valence-corrected chi connectivity index (χ0v) is 22.0. The van der Waals surface area contributed by atoms with Gasteiger partial charge in [-0.05, 0) is 43.0 Å². The predicted octanol–water partition coefficient (Wildman–Crippen LogP) is 4.44. The summed E-state index contributed by atoms with van der Waals surface area (Å²) in [6.45, 7) is 3.78. The Morgan fingerprint density at radius 1 is 1.08 bits per heavy atom.